The lowest BCUT2D eigenvalue weighted by Gasteiger charge is -2.18. The zero-order valence-electron chi connectivity index (χ0n) is 13.4. The molecule has 0 bridgehead atoms. The summed E-state index contributed by atoms with van der Waals surface area (Å²) in [5, 5.41) is 17.7. The van der Waals surface area contributed by atoms with Crippen LogP contribution in [0, 0.1) is 13.8 Å². The second-order valence-electron chi connectivity index (χ2n) is 6.20. The standard InChI is InChI=1S/C15H20N2O6S/c1-7-3-9(4-12(8(7)2)24(16,20)21)15(19)17-10-5-22-14-11(18)6-23-13(10)14/h3-4,10-11,13-14,18H,5-6H2,1-2H3,(H,17,19)(H2,16,20,21)/t10-,11-,13-,14-/m1/s1. The summed E-state index contributed by atoms with van der Waals surface area (Å²) in [6, 6.07) is 2.47. The van der Waals surface area contributed by atoms with Gasteiger partial charge in [0, 0.05) is 5.56 Å². The highest BCUT2D eigenvalue weighted by molar-refractivity contribution is 7.89. The van der Waals surface area contributed by atoms with Crippen LogP contribution in [0.1, 0.15) is 21.5 Å². The van der Waals surface area contributed by atoms with Gasteiger partial charge in [-0.05, 0) is 37.1 Å². The largest absolute Gasteiger partial charge is 0.388 e. The molecule has 2 aliphatic heterocycles. The average molecular weight is 356 g/mol. The van der Waals surface area contributed by atoms with Crippen LogP contribution in [0.3, 0.4) is 0 Å². The van der Waals surface area contributed by atoms with Gasteiger partial charge < -0.3 is 19.9 Å². The third kappa shape index (κ3) is 3.05. The fraction of sp³-hybridized carbons (Fsp3) is 0.533. The lowest BCUT2D eigenvalue weighted by Crippen LogP contribution is -2.44. The molecule has 2 heterocycles. The number of sulfonamides is 1. The molecule has 9 heteroatoms. The maximum absolute atomic E-state index is 12.5. The number of aliphatic hydroxyl groups is 1. The minimum atomic E-state index is -3.92. The number of carbonyl (C=O) groups is 1. The molecule has 4 atom stereocenters. The van der Waals surface area contributed by atoms with Crippen LogP contribution in [-0.4, -0.2) is 57.0 Å². The number of ether oxygens (including phenoxy) is 2. The van der Waals surface area contributed by atoms with E-state index in [1.807, 2.05) is 0 Å². The number of primary sulfonamides is 1. The number of carbonyl (C=O) groups excluding carboxylic acids is 1. The van der Waals surface area contributed by atoms with Gasteiger partial charge in [-0.3, -0.25) is 4.79 Å². The van der Waals surface area contributed by atoms with Crippen LogP contribution in [-0.2, 0) is 19.5 Å². The van der Waals surface area contributed by atoms with Crippen LogP contribution in [0.15, 0.2) is 17.0 Å². The summed E-state index contributed by atoms with van der Waals surface area (Å²) in [7, 11) is -3.92. The third-order valence-corrected chi connectivity index (χ3v) is 5.57. The summed E-state index contributed by atoms with van der Waals surface area (Å²) >= 11 is 0. The van der Waals surface area contributed by atoms with E-state index in [4.69, 9.17) is 14.6 Å². The first-order valence-electron chi connectivity index (χ1n) is 7.54. The van der Waals surface area contributed by atoms with E-state index in [1.54, 1.807) is 19.9 Å². The lowest BCUT2D eigenvalue weighted by molar-refractivity contribution is 0.0178. The Kier molecular flexibility index (Phi) is 4.39. The maximum Gasteiger partial charge on any atom is 0.251 e. The maximum atomic E-state index is 12.5. The molecular formula is C15H20N2O6S. The first kappa shape index (κ1) is 17.3. The van der Waals surface area contributed by atoms with Crippen molar-refractivity contribution in [2.75, 3.05) is 13.2 Å². The highest BCUT2D eigenvalue weighted by Crippen LogP contribution is 2.27. The first-order chi connectivity index (χ1) is 11.2. The molecule has 8 nitrogen and oxygen atoms in total. The van der Waals surface area contributed by atoms with Gasteiger partial charge in [0.05, 0.1) is 24.2 Å². The van der Waals surface area contributed by atoms with Gasteiger partial charge in [-0.2, -0.15) is 0 Å². The number of nitrogens with one attached hydrogen (secondary N) is 1. The normalized spacial score (nSPS) is 29.5. The number of rotatable bonds is 3. The van der Waals surface area contributed by atoms with Crippen molar-refractivity contribution in [3.05, 3.63) is 28.8 Å². The summed E-state index contributed by atoms with van der Waals surface area (Å²) in [6.45, 7) is 3.75. The molecule has 0 radical (unpaired) electrons. The van der Waals surface area contributed by atoms with Crippen LogP contribution < -0.4 is 10.5 Å². The second kappa shape index (κ2) is 6.08. The lowest BCUT2D eigenvalue weighted by atomic mass is 10.0. The molecule has 1 aromatic carbocycles. The minimum Gasteiger partial charge on any atom is -0.388 e. The van der Waals surface area contributed by atoms with Gasteiger partial charge in [0.25, 0.3) is 5.91 Å². The third-order valence-electron chi connectivity index (χ3n) is 4.53. The van der Waals surface area contributed by atoms with E-state index in [0.29, 0.717) is 11.1 Å². The molecule has 0 aromatic heterocycles. The van der Waals surface area contributed by atoms with Gasteiger partial charge in [-0.25, -0.2) is 13.6 Å². The quantitative estimate of drug-likeness (QED) is 0.651. The second-order valence-corrected chi connectivity index (χ2v) is 7.73. The summed E-state index contributed by atoms with van der Waals surface area (Å²) in [5.41, 5.74) is 1.37. The van der Waals surface area contributed by atoms with Crippen molar-refractivity contribution in [3.8, 4) is 0 Å². The molecule has 1 aromatic rings. The molecule has 2 saturated heterocycles. The SMILES string of the molecule is Cc1cc(C(=O)N[C@@H]2CO[C@H]3[C@@H]2OC[C@H]3O)cc(S(N)(=O)=O)c1C. The summed E-state index contributed by atoms with van der Waals surface area (Å²) < 4.78 is 34.3. The highest BCUT2D eigenvalue weighted by Gasteiger charge is 2.47. The molecular weight excluding hydrogens is 336 g/mol. The van der Waals surface area contributed by atoms with E-state index in [2.05, 4.69) is 5.32 Å². The average Bonchev–Trinajstić information content (AvgIpc) is 3.04. The molecule has 0 spiro atoms. The number of aliphatic hydroxyl groups excluding tert-OH is 1. The van der Waals surface area contributed by atoms with Crippen LogP contribution >= 0.6 is 0 Å². The molecule has 0 unspecified atom stereocenters. The highest BCUT2D eigenvalue weighted by atomic mass is 32.2. The molecule has 4 N–H and O–H groups in total. The summed E-state index contributed by atoms with van der Waals surface area (Å²) in [6.07, 6.45) is -1.56. The fourth-order valence-corrected chi connectivity index (χ4v) is 3.99. The Morgan fingerprint density at radius 1 is 1.25 bits per heavy atom. The smallest absolute Gasteiger partial charge is 0.251 e. The summed E-state index contributed by atoms with van der Waals surface area (Å²) in [5.74, 6) is -0.442. The topological polar surface area (TPSA) is 128 Å². The van der Waals surface area contributed by atoms with Gasteiger partial charge in [-0.1, -0.05) is 0 Å². The fourth-order valence-electron chi connectivity index (χ4n) is 3.11. The van der Waals surface area contributed by atoms with E-state index in [9.17, 15) is 18.3 Å². The number of amides is 1. The molecule has 132 valence electrons. The van der Waals surface area contributed by atoms with Crippen molar-refractivity contribution >= 4 is 15.9 Å². The van der Waals surface area contributed by atoms with Crippen molar-refractivity contribution in [1.82, 2.24) is 5.32 Å². The van der Waals surface area contributed by atoms with Gasteiger partial charge in [0.1, 0.15) is 18.3 Å². The van der Waals surface area contributed by atoms with Crippen molar-refractivity contribution < 1.29 is 27.8 Å². The van der Waals surface area contributed by atoms with Crippen molar-refractivity contribution in [2.24, 2.45) is 5.14 Å². The molecule has 24 heavy (non-hydrogen) atoms. The molecule has 3 rings (SSSR count). The Morgan fingerprint density at radius 2 is 1.92 bits per heavy atom. The van der Waals surface area contributed by atoms with Gasteiger partial charge in [-0.15, -0.1) is 0 Å². The van der Waals surface area contributed by atoms with Crippen LogP contribution in [0.4, 0.5) is 0 Å². The van der Waals surface area contributed by atoms with E-state index >= 15 is 0 Å². The van der Waals surface area contributed by atoms with E-state index < -0.39 is 40.3 Å². The number of nitrogens with two attached hydrogens (primary N) is 1. The molecule has 2 aliphatic rings. The van der Waals surface area contributed by atoms with Crippen molar-refractivity contribution in [3.63, 3.8) is 0 Å². The number of fused-ring (bicyclic) bond motifs is 1. The molecule has 1 amide bonds. The number of hydrogen-bond donors (Lipinski definition) is 3. The van der Waals surface area contributed by atoms with E-state index in [-0.39, 0.29) is 23.7 Å². The summed E-state index contributed by atoms with van der Waals surface area (Å²) in [4.78, 5) is 12.4. The van der Waals surface area contributed by atoms with Crippen LogP contribution in [0.25, 0.3) is 0 Å². The Bertz CT molecular complexity index is 778. The Labute approximate surface area is 140 Å². The van der Waals surface area contributed by atoms with E-state index in [0.717, 1.165) is 0 Å². The number of benzene rings is 1. The Morgan fingerprint density at radius 3 is 2.58 bits per heavy atom. The Balaban J connectivity index is 1.82. The Hall–Kier alpha value is -1.52. The minimum absolute atomic E-state index is 0.0688. The van der Waals surface area contributed by atoms with E-state index in [1.165, 1.54) is 6.07 Å². The van der Waals surface area contributed by atoms with Gasteiger partial charge in [0.15, 0.2) is 0 Å². The zero-order chi connectivity index (χ0) is 17.6. The zero-order valence-corrected chi connectivity index (χ0v) is 14.2. The molecule has 2 fully saturated rings. The van der Waals surface area contributed by atoms with Crippen LogP contribution in [0.5, 0.6) is 0 Å². The first-order valence-corrected chi connectivity index (χ1v) is 9.09. The predicted octanol–water partition coefficient (Wildman–Crippen LogP) is -0.792. The predicted molar refractivity (Wildman–Crippen MR) is 84.0 cm³/mol. The van der Waals surface area contributed by atoms with Crippen LogP contribution in [0.2, 0.25) is 0 Å². The van der Waals surface area contributed by atoms with Crippen molar-refractivity contribution in [2.45, 2.75) is 43.1 Å². The molecule has 0 aliphatic carbocycles. The van der Waals surface area contributed by atoms with Gasteiger partial charge in [0.2, 0.25) is 10.0 Å². The monoisotopic (exact) mass is 356 g/mol. The van der Waals surface area contributed by atoms with Gasteiger partial charge >= 0.3 is 0 Å². The number of hydrogen-bond acceptors (Lipinski definition) is 6. The number of aryl methyl sites for hydroxylation is 1. The molecule has 0 saturated carbocycles. The van der Waals surface area contributed by atoms with Crippen molar-refractivity contribution in [1.29, 1.82) is 0 Å².